The van der Waals surface area contributed by atoms with Gasteiger partial charge in [-0.05, 0) is 32.0 Å². The van der Waals surface area contributed by atoms with Crippen LogP contribution in [0, 0.1) is 18.2 Å². The predicted molar refractivity (Wildman–Crippen MR) is 63.8 cm³/mol. The Morgan fingerprint density at radius 1 is 1.56 bits per heavy atom. The van der Waals surface area contributed by atoms with Gasteiger partial charge in [-0.25, -0.2) is 4.39 Å². The molecule has 16 heavy (non-hydrogen) atoms. The molecule has 2 nitrogen and oxygen atoms in total. The van der Waals surface area contributed by atoms with Gasteiger partial charge in [0.05, 0.1) is 12.6 Å². The number of nitrogens with zero attached hydrogens (tertiary/aromatic N) is 1. The van der Waals surface area contributed by atoms with Crippen molar-refractivity contribution < 1.29 is 9.50 Å². The number of aliphatic hydroxyl groups is 1. The summed E-state index contributed by atoms with van der Waals surface area (Å²) < 4.78 is 13.1. The van der Waals surface area contributed by atoms with Crippen LogP contribution < -0.4 is 4.90 Å². The van der Waals surface area contributed by atoms with Crippen molar-refractivity contribution in [1.82, 2.24) is 0 Å². The molecule has 0 aliphatic carbocycles. The number of hydrogen-bond acceptors (Lipinski definition) is 2. The van der Waals surface area contributed by atoms with Crippen LogP contribution in [0.4, 0.5) is 10.1 Å². The largest absolute Gasteiger partial charge is 0.389 e. The van der Waals surface area contributed by atoms with E-state index in [-0.39, 0.29) is 5.82 Å². The maximum atomic E-state index is 13.1. The van der Waals surface area contributed by atoms with Crippen LogP contribution in [0.25, 0.3) is 0 Å². The average molecular weight is 221 g/mol. The van der Waals surface area contributed by atoms with Gasteiger partial charge < -0.3 is 10.0 Å². The van der Waals surface area contributed by atoms with Gasteiger partial charge in [0.2, 0.25) is 0 Å². The minimum absolute atomic E-state index is 0.351. The van der Waals surface area contributed by atoms with Gasteiger partial charge in [0.15, 0.2) is 0 Å². The number of rotatable bonds is 4. The highest BCUT2D eigenvalue weighted by atomic mass is 19.1. The van der Waals surface area contributed by atoms with E-state index in [9.17, 15) is 9.50 Å². The molecule has 1 rings (SSSR count). The molecule has 86 valence electrons. The summed E-state index contributed by atoms with van der Waals surface area (Å²) in [5.41, 5.74) is 1.36. The number of aliphatic hydroxyl groups excluding tert-OH is 1. The van der Waals surface area contributed by atoms with Gasteiger partial charge in [0, 0.05) is 17.8 Å². The van der Waals surface area contributed by atoms with Crippen LogP contribution in [0.5, 0.6) is 0 Å². The molecule has 0 heterocycles. The van der Waals surface area contributed by atoms with Crippen molar-refractivity contribution in [2.75, 3.05) is 18.0 Å². The van der Waals surface area contributed by atoms with Crippen LogP contribution in [-0.2, 0) is 0 Å². The fraction of sp³-hybridized carbons (Fsp3) is 0.385. The second kappa shape index (κ2) is 5.53. The highest BCUT2D eigenvalue weighted by Gasteiger charge is 2.13. The van der Waals surface area contributed by atoms with Gasteiger partial charge in [0.1, 0.15) is 5.82 Å². The number of anilines is 1. The lowest BCUT2D eigenvalue weighted by atomic mass is 10.1. The van der Waals surface area contributed by atoms with Crippen LogP contribution >= 0.6 is 0 Å². The Labute approximate surface area is 95.7 Å². The van der Waals surface area contributed by atoms with E-state index >= 15 is 0 Å². The van der Waals surface area contributed by atoms with E-state index in [1.165, 1.54) is 12.1 Å². The summed E-state index contributed by atoms with van der Waals surface area (Å²) in [5.74, 6) is 2.20. The molecule has 1 aromatic carbocycles. The first-order valence-electron chi connectivity index (χ1n) is 5.26. The molecule has 0 amide bonds. The average Bonchev–Trinajstić information content (AvgIpc) is 2.26. The zero-order chi connectivity index (χ0) is 12.1. The van der Waals surface area contributed by atoms with E-state index in [1.807, 2.05) is 11.8 Å². The van der Waals surface area contributed by atoms with Crippen molar-refractivity contribution in [2.24, 2.45) is 0 Å². The normalized spacial score (nSPS) is 11.9. The first-order valence-corrected chi connectivity index (χ1v) is 5.26. The minimum atomic E-state index is -0.711. The third kappa shape index (κ3) is 2.74. The molecule has 0 fully saturated rings. The van der Waals surface area contributed by atoms with Crippen molar-refractivity contribution in [1.29, 1.82) is 0 Å². The van der Waals surface area contributed by atoms with Gasteiger partial charge in [-0.3, -0.25) is 0 Å². The molecule has 0 saturated heterocycles. The van der Waals surface area contributed by atoms with E-state index in [0.717, 1.165) is 12.2 Å². The maximum absolute atomic E-state index is 13.1. The van der Waals surface area contributed by atoms with Gasteiger partial charge in [-0.1, -0.05) is 5.92 Å². The van der Waals surface area contributed by atoms with Crippen molar-refractivity contribution in [3.63, 3.8) is 0 Å². The Morgan fingerprint density at radius 2 is 2.25 bits per heavy atom. The zero-order valence-electron chi connectivity index (χ0n) is 9.57. The number of terminal acetylenes is 1. The minimum Gasteiger partial charge on any atom is -0.389 e. The second-order valence-electron chi connectivity index (χ2n) is 3.60. The summed E-state index contributed by atoms with van der Waals surface area (Å²) in [4.78, 5) is 1.92. The summed E-state index contributed by atoms with van der Waals surface area (Å²) in [6.07, 6.45) is 4.56. The van der Waals surface area contributed by atoms with Gasteiger partial charge >= 0.3 is 0 Å². The van der Waals surface area contributed by atoms with Crippen molar-refractivity contribution in [3.8, 4) is 12.3 Å². The molecule has 1 unspecified atom stereocenters. The molecular weight excluding hydrogens is 205 g/mol. The molecule has 0 radical (unpaired) electrons. The third-order valence-electron chi connectivity index (χ3n) is 2.44. The molecule has 1 N–H and O–H groups in total. The van der Waals surface area contributed by atoms with E-state index in [2.05, 4.69) is 5.92 Å². The predicted octanol–water partition coefficient (Wildman–Crippen LogP) is 2.34. The van der Waals surface area contributed by atoms with Gasteiger partial charge in [0.25, 0.3) is 0 Å². The maximum Gasteiger partial charge on any atom is 0.123 e. The number of hydrogen-bond donors (Lipinski definition) is 1. The van der Waals surface area contributed by atoms with Crippen molar-refractivity contribution >= 4 is 5.69 Å². The Kier molecular flexibility index (Phi) is 4.33. The van der Waals surface area contributed by atoms with Crippen LogP contribution in [-0.4, -0.2) is 18.2 Å². The molecule has 1 atom stereocenters. The quantitative estimate of drug-likeness (QED) is 0.789. The van der Waals surface area contributed by atoms with Gasteiger partial charge in [-0.15, -0.1) is 6.42 Å². The number of halogens is 1. The van der Waals surface area contributed by atoms with Crippen molar-refractivity contribution in [2.45, 2.75) is 20.0 Å². The lowest BCUT2D eigenvalue weighted by Crippen LogP contribution is -2.24. The summed E-state index contributed by atoms with van der Waals surface area (Å²) in [7, 11) is 0. The van der Waals surface area contributed by atoms with Gasteiger partial charge in [-0.2, -0.15) is 0 Å². The van der Waals surface area contributed by atoms with Crippen LogP contribution in [0.1, 0.15) is 25.5 Å². The first-order chi connectivity index (χ1) is 7.60. The fourth-order valence-corrected chi connectivity index (χ4v) is 1.63. The fourth-order valence-electron chi connectivity index (χ4n) is 1.63. The summed E-state index contributed by atoms with van der Waals surface area (Å²) in [6, 6.07) is 4.37. The Morgan fingerprint density at radius 3 is 2.75 bits per heavy atom. The molecule has 0 spiro atoms. The highest BCUT2D eigenvalue weighted by molar-refractivity contribution is 5.55. The first kappa shape index (κ1) is 12.5. The topological polar surface area (TPSA) is 23.5 Å². The van der Waals surface area contributed by atoms with E-state index < -0.39 is 6.10 Å². The molecule has 0 aliphatic heterocycles. The second-order valence-corrected chi connectivity index (χ2v) is 3.60. The Balaban J connectivity index is 3.16. The molecule has 0 bridgehead atoms. The van der Waals surface area contributed by atoms with Crippen LogP contribution in [0.15, 0.2) is 18.2 Å². The molecule has 0 aromatic heterocycles. The van der Waals surface area contributed by atoms with Crippen LogP contribution in [0.2, 0.25) is 0 Å². The lowest BCUT2D eigenvalue weighted by molar-refractivity contribution is 0.199. The van der Waals surface area contributed by atoms with E-state index in [0.29, 0.717) is 12.1 Å². The molecule has 1 aromatic rings. The Hall–Kier alpha value is -1.53. The molecular formula is C13H16FNO. The highest BCUT2D eigenvalue weighted by Crippen LogP contribution is 2.26. The monoisotopic (exact) mass is 221 g/mol. The standard InChI is InChI=1S/C13H16FNO/c1-4-8-15(5-2)13-7-6-11(14)9-12(13)10(3)16/h1,6-7,9-10,16H,5,8H2,2-3H3. The summed E-state index contributed by atoms with van der Waals surface area (Å²) in [5, 5.41) is 9.60. The molecule has 3 heteroatoms. The SMILES string of the molecule is C#CCN(CC)c1ccc(F)cc1C(C)O. The smallest absolute Gasteiger partial charge is 0.123 e. The van der Waals surface area contributed by atoms with Crippen molar-refractivity contribution in [3.05, 3.63) is 29.6 Å². The summed E-state index contributed by atoms with van der Waals surface area (Å²) >= 11 is 0. The zero-order valence-corrected chi connectivity index (χ0v) is 9.57. The summed E-state index contributed by atoms with van der Waals surface area (Å²) in [6.45, 7) is 4.74. The molecule has 0 saturated carbocycles. The Bertz CT molecular complexity index is 395. The van der Waals surface area contributed by atoms with Crippen LogP contribution in [0.3, 0.4) is 0 Å². The van der Waals surface area contributed by atoms with E-state index in [1.54, 1.807) is 13.0 Å². The number of benzene rings is 1. The third-order valence-corrected chi connectivity index (χ3v) is 2.44. The lowest BCUT2D eigenvalue weighted by Gasteiger charge is -2.24. The van der Waals surface area contributed by atoms with E-state index in [4.69, 9.17) is 6.42 Å². The molecule has 0 aliphatic rings.